The van der Waals surface area contributed by atoms with Crippen LogP contribution in [0, 0.1) is 11.3 Å². The molecule has 88 valence electrons. The predicted octanol–water partition coefficient (Wildman–Crippen LogP) is 3.59. The van der Waals surface area contributed by atoms with Crippen LogP contribution in [0.4, 0.5) is 0 Å². The van der Waals surface area contributed by atoms with Gasteiger partial charge in [0.1, 0.15) is 0 Å². The summed E-state index contributed by atoms with van der Waals surface area (Å²) in [5.41, 5.74) is 3.65. The first-order valence-corrected chi connectivity index (χ1v) is 5.64. The number of benzene rings is 2. The van der Waals surface area contributed by atoms with Gasteiger partial charge in [0.15, 0.2) is 0 Å². The molecule has 0 heterocycles. The first kappa shape index (κ1) is 11.9. The maximum absolute atomic E-state index is 8.94. The van der Waals surface area contributed by atoms with Crippen molar-refractivity contribution in [2.75, 3.05) is 7.11 Å². The fraction of sp³-hybridized carbons (Fsp3) is 0.0625. The van der Waals surface area contributed by atoms with E-state index in [-0.39, 0.29) is 0 Å². The highest BCUT2D eigenvalue weighted by molar-refractivity contribution is 5.79. The molecule has 0 aliphatic carbocycles. The lowest BCUT2D eigenvalue weighted by molar-refractivity contribution is 0.340. The van der Waals surface area contributed by atoms with Crippen LogP contribution in [-0.4, -0.2) is 7.11 Å². The quantitative estimate of drug-likeness (QED) is 0.761. The molecule has 0 bridgehead atoms. The molecule has 0 aromatic heterocycles. The van der Waals surface area contributed by atoms with Gasteiger partial charge in [-0.05, 0) is 23.3 Å². The van der Waals surface area contributed by atoms with Crippen LogP contribution in [0.2, 0.25) is 0 Å². The van der Waals surface area contributed by atoms with E-state index < -0.39 is 0 Å². The maximum atomic E-state index is 8.94. The molecule has 2 heteroatoms. The minimum absolute atomic E-state index is 0.644. The molecule has 0 aliphatic rings. The highest BCUT2D eigenvalue weighted by atomic mass is 16.5. The molecule has 0 N–H and O–H groups in total. The maximum Gasteiger partial charge on any atom is 0.0991 e. The molecule has 0 fully saturated rings. The third kappa shape index (κ3) is 2.58. The van der Waals surface area contributed by atoms with Crippen molar-refractivity contribution in [1.82, 2.24) is 0 Å². The number of rotatable bonds is 3. The largest absolute Gasteiger partial charge is 0.504 e. The smallest absolute Gasteiger partial charge is 0.0991 e. The van der Waals surface area contributed by atoms with Crippen LogP contribution in [0.5, 0.6) is 0 Å². The minimum atomic E-state index is 0.644. The average Bonchev–Trinajstić information content (AvgIpc) is 2.46. The number of hydrogen-bond acceptors (Lipinski definition) is 2. The van der Waals surface area contributed by atoms with Gasteiger partial charge in [-0.1, -0.05) is 42.5 Å². The van der Waals surface area contributed by atoms with Gasteiger partial charge in [0, 0.05) is 5.57 Å². The summed E-state index contributed by atoms with van der Waals surface area (Å²) in [5.74, 6) is 0. The lowest BCUT2D eigenvalue weighted by Gasteiger charge is -2.08. The van der Waals surface area contributed by atoms with Crippen molar-refractivity contribution in [2.24, 2.45) is 0 Å². The lowest BCUT2D eigenvalue weighted by atomic mass is 9.98. The average molecular weight is 235 g/mol. The third-order valence-electron chi connectivity index (χ3n) is 2.62. The van der Waals surface area contributed by atoms with Crippen molar-refractivity contribution in [3.05, 3.63) is 77.5 Å². The third-order valence-corrected chi connectivity index (χ3v) is 2.62. The number of nitrogens with zero attached hydrogens (tertiary/aromatic N) is 1. The van der Waals surface area contributed by atoms with E-state index in [2.05, 4.69) is 6.07 Å². The molecule has 0 radical (unpaired) electrons. The molecular weight excluding hydrogens is 222 g/mol. The summed E-state index contributed by atoms with van der Waals surface area (Å²) in [6, 6.07) is 19.6. The molecule has 0 unspecified atom stereocenters. The second-order valence-corrected chi connectivity index (χ2v) is 3.83. The zero-order valence-electron chi connectivity index (χ0n) is 10.1. The van der Waals surface area contributed by atoms with Crippen LogP contribution < -0.4 is 0 Å². The Kier molecular flexibility index (Phi) is 3.78. The van der Waals surface area contributed by atoms with Gasteiger partial charge in [-0.3, -0.25) is 0 Å². The highest BCUT2D eigenvalue weighted by Gasteiger charge is 2.05. The van der Waals surface area contributed by atoms with Gasteiger partial charge in [0.25, 0.3) is 0 Å². The van der Waals surface area contributed by atoms with E-state index in [0.29, 0.717) is 5.56 Å². The Bertz CT molecular complexity index is 594. The highest BCUT2D eigenvalue weighted by Crippen LogP contribution is 2.23. The zero-order valence-corrected chi connectivity index (χ0v) is 10.1. The van der Waals surface area contributed by atoms with Gasteiger partial charge >= 0.3 is 0 Å². The minimum Gasteiger partial charge on any atom is -0.504 e. The number of methoxy groups -OCH3 is 1. The van der Waals surface area contributed by atoms with Gasteiger partial charge in [-0.2, -0.15) is 5.26 Å². The first-order chi connectivity index (χ1) is 8.85. The zero-order chi connectivity index (χ0) is 12.8. The predicted molar refractivity (Wildman–Crippen MR) is 71.7 cm³/mol. The Morgan fingerprint density at radius 2 is 1.78 bits per heavy atom. The molecule has 2 aromatic rings. The topological polar surface area (TPSA) is 33.0 Å². The Morgan fingerprint density at radius 1 is 1.06 bits per heavy atom. The first-order valence-electron chi connectivity index (χ1n) is 5.64. The van der Waals surface area contributed by atoms with Crippen LogP contribution in [0.15, 0.2) is 60.9 Å². The molecule has 18 heavy (non-hydrogen) atoms. The van der Waals surface area contributed by atoms with Crippen molar-refractivity contribution in [3.8, 4) is 6.07 Å². The standard InChI is InChI=1S/C16H13NO/c1-18-12-16(14-7-3-2-4-8-14)15-9-5-6-13(10-15)11-17/h2-10,12H,1H3/b16-12-. The van der Waals surface area contributed by atoms with Gasteiger partial charge < -0.3 is 4.74 Å². The molecule has 2 nitrogen and oxygen atoms in total. The Morgan fingerprint density at radius 3 is 2.44 bits per heavy atom. The SMILES string of the molecule is CO/C=C(/c1ccccc1)c1cccc(C#N)c1. The van der Waals surface area contributed by atoms with Gasteiger partial charge in [0.2, 0.25) is 0 Å². The van der Waals surface area contributed by atoms with E-state index in [9.17, 15) is 0 Å². The van der Waals surface area contributed by atoms with E-state index in [1.165, 1.54) is 0 Å². The molecule has 0 saturated heterocycles. The van der Waals surface area contributed by atoms with E-state index in [4.69, 9.17) is 10.00 Å². The summed E-state index contributed by atoms with van der Waals surface area (Å²) in [7, 11) is 1.62. The summed E-state index contributed by atoms with van der Waals surface area (Å²) in [6.07, 6.45) is 1.70. The van der Waals surface area contributed by atoms with E-state index in [0.717, 1.165) is 16.7 Å². The van der Waals surface area contributed by atoms with E-state index in [1.807, 2.05) is 48.5 Å². The van der Waals surface area contributed by atoms with Crippen molar-refractivity contribution >= 4 is 5.57 Å². The molecule has 0 atom stereocenters. The van der Waals surface area contributed by atoms with Crippen LogP contribution in [0.3, 0.4) is 0 Å². The lowest BCUT2D eigenvalue weighted by Crippen LogP contribution is -1.90. The van der Waals surface area contributed by atoms with E-state index >= 15 is 0 Å². The molecule has 0 saturated carbocycles. The van der Waals surface area contributed by atoms with Crippen LogP contribution in [0.25, 0.3) is 5.57 Å². The Balaban J connectivity index is 2.50. The number of hydrogen-bond donors (Lipinski definition) is 0. The molecule has 2 rings (SSSR count). The fourth-order valence-electron chi connectivity index (χ4n) is 1.79. The van der Waals surface area contributed by atoms with Crippen LogP contribution in [-0.2, 0) is 4.74 Å². The van der Waals surface area contributed by atoms with Crippen molar-refractivity contribution in [1.29, 1.82) is 5.26 Å². The summed E-state index contributed by atoms with van der Waals surface area (Å²) >= 11 is 0. The molecular formula is C16H13NO. The molecule has 0 spiro atoms. The second-order valence-electron chi connectivity index (χ2n) is 3.83. The summed E-state index contributed by atoms with van der Waals surface area (Å²) in [6.45, 7) is 0. The number of ether oxygens (including phenoxy) is 1. The summed E-state index contributed by atoms with van der Waals surface area (Å²) in [4.78, 5) is 0. The van der Waals surface area contributed by atoms with Gasteiger partial charge in [-0.25, -0.2) is 0 Å². The summed E-state index contributed by atoms with van der Waals surface area (Å²) < 4.78 is 5.14. The van der Waals surface area contributed by atoms with Crippen molar-refractivity contribution < 1.29 is 4.74 Å². The molecule has 0 aliphatic heterocycles. The van der Waals surface area contributed by atoms with Crippen LogP contribution >= 0.6 is 0 Å². The van der Waals surface area contributed by atoms with Crippen LogP contribution in [0.1, 0.15) is 16.7 Å². The summed E-state index contributed by atoms with van der Waals surface area (Å²) in [5, 5.41) is 8.94. The normalized spacial score (nSPS) is 10.8. The van der Waals surface area contributed by atoms with Gasteiger partial charge in [-0.15, -0.1) is 0 Å². The Labute approximate surface area is 107 Å². The second kappa shape index (κ2) is 5.70. The van der Waals surface area contributed by atoms with Crippen molar-refractivity contribution in [2.45, 2.75) is 0 Å². The van der Waals surface area contributed by atoms with Gasteiger partial charge in [0.05, 0.1) is 25.0 Å². The monoisotopic (exact) mass is 235 g/mol. The molecule has 0 amide bonds. The molecule has 2 aromatic carbocycles. The Hall–Kier alpha value is -2.53. The van der Waals surface area contributed by atoms with E-state index in [1.54, 1.807) is 19.4 Å². The number of nitriles is 1. The van der Waals surface area contributed by atoms with Crippen molar-refractivity contribution in [3.63, 3.8) is 0 Å². The fourth-order valence-corrected chi connectivity index (χ4v) is 1.79.